The van der Waals surface area contributed by atoms with E-state index >= 15 is 0 Å². The minimum Gasteiger partial charge on any atom is -0.394 e. The first-order chi connectivity index (χ1) is 42.3. The summed E-state index contributed by atoms with van der Waals surface area (Å²) < 4.78 is 11.3. The Hall–Kier alpha value is -3.67. The lowest BCUT2D eigenvalue weighted by Crippen LogP contribution is -2.60. The Morgan fingerprint density at radius 2 is 0.721 bits per heavy atom. The predicted octanol–water partition coefficient (Wildman–Crippen LogP) is 19.6. The number of aliphatic hydroxyl groups is 5. The van der Waals surface area contributed by atoms with E-state index < -0.39 is 49.5 Å². The third-order valence-corrected chi connectivity index (χ3v) is 16.0. The summed E-state index contributed by atoms with van der Waals surface area (Å²) in [5, 5.41) is 54.8. The third-order valence-electron chi connectivity index (χ3n) is 16.0. The molecule has 1 aliphatic heterocycles. The number of allylic oxidation sites excluding steroid dienone is 21. The van der Waals surface area contributed by atoms with E-state index in [1.165, 1.54) is 154 Å². The van der Waals surface area contributed by atoms with Crippen LogP contribution in [0.25, 0.3) is 0 Å². The van der Waals surface area contributed by atoms with Gasteiger partial charge in [0.25, 0.3) is 0 Å². The van der Waals surface area contributed by atoms with E-state index in [2.05, 4.69) is 141 Å². The molecule has 0 bridgehead atoms. The average Bonchev–Trinajstić information content (AvgIpc) is 3.55. The Balaban J connectivity index is 2.17. The summed E-state index contributed by atoms with van der Waals surface area (Å²) in [4.78, 5) is 13.1. The molecule has 0 radical (unpaired) electrons. The second kappa shape index (κ2) is 64.3. The smallest absolute Gasteiger partial charge is 0.220 e. The molecule has 86 heavy (non-hydrogen) atoms. The zero-order valence-electron chi connectivity index (χ0n) is 55.0. The normalized spacial score (nSPS) is 18.9. The van der Waals surface area contributed by atoms with Gasteiger partial charge >= 0.3 is 0 Å². The van der Waals surface area contributed by atoms with Crippen LogP contribution in [-0.4, -0.2) is 87.5 Å². The van der Waals surface area contributed by atoms with Crippen LogP contribution in [0.15, 0.2) is 134 Å². The largest absolute Gasteiger partial charge is 0.394 e. The van der Waals surface area contributed by atoms with Gasteiger partial charge in [-0.05, 0) is 96.3 Å². The first kappa shape index (κ1) is 80.3. The molecule has 1 amide bonds. The molecule has 1 heterocycles. The second-order valence-corrected chi connectivity index (χ2v) is 23.9. The number of hydrogen-bond donors (Lipinski definition) is 6. The van der Waals surface area contributed by atoms with Crippen molar-refractivity contribution < 1.29 is 39.8 Å². The molecular formula is C77H131NO8. The van der Waals surface area contributed by atoms with Crippen LogP contribution >= 0.6 is 0 Å². The van der Waals surface area contributed by atoms with Crippen molar-refractivity contribution in [3.63, 3.8) is 0 Å². The molecule has 0 aromatic rings. The molecule has 7 atom stereocenters. The number of hydrogen-bond acceptors (Lipinski definition) is 8. The Bertz CT molecular complexity index is 1820. The lowest BCUT2D eigenvalue weighted by Gasteiger charge is -2.40. The Kier molecular flexibility index (Phi) is 60.1. The van der Waals surface area contributed by atoms with E-state index in [4.69, 9.17) is 9.47 Å². The van der Waals surface area contributed by atoms with Gasteiger partial charge in [0.2, 0.25) is 5.91 Å². The van der Waals surface area contributed by atoms with Crippen molar-refractivity contribution in [1.29, 1.82) is 0 Å². The molecule has 7 unspecified atom stereocenters. The number of ether oxygens (including phenoxy) is 2. The van der Waals surface area contributed by atoms with Gasteiger partial charge in [0.1, 0.15) is 24.4 Å². The molecule has 0 aromatic heterocycles. The fourth-order valence-corrected chi connectivity index (χ4v) is 10.5. The summed E-state index contributed by atoms with van der Waals surface area (Å²) >= 11 is 0. The van der Waals surface area contributed by atoms with Gasteiger partial charge < -0.3 is 40.3 Å². The minimum atomic E-state index is -1.58. The lowest BCUT2D eigenvalue weighted by atomic mass is 9.99. The van der Waals surface area contributed by atoms with E-state index in [1.54, 1.807) is 6.08 Å². The first-order valence-corrected chi connectivity index (χ1v) is 35.4. The standard InChI is InChI=1S/C77H131NO8/c1-3-5-7-9-11-13-15-17-19-21-23-25-27-29-30-31-32-33-34-35-36-37-38-39-40-41-42-43-45-47-49-51-53-55-57-59-61-63-65-67-73(81)78-70(69-85-77-76(84)75(83)74(82)72(68-79)86-77)71(80)66-64-62-60-58-56-54-52-50-48-46-44-28-26-24-22-20-18-16-14-12-10-8-6-4-2/h5,7,11,13,17,19,23,25,29-30,32-33,35-36,38-39,41-42,45,47,64,66,70-72,74-77,79-80,82-84H,3-4,6,8-10,12,14-16,18,20-22,24,26-28,31,34,37,40,43-44,46,48-63,65,67-69H2,1-2H3,(H,78,81)/b7-5-,13-11-,19-17-,25-23-,30-29-,33-32-,36-35-,39-38-,42-41-,47-45-,66-64+. The summed E-state index contributed by atoms with van der Waals surface area (Å²) in [7, 11) is 0. The van der Waals surface area contributed by atoms with Crippen LogP contribution in [0.3, 0.4) is 0 Å². The Morgan fingerprint density at radius 1 is 0.407 bits per heavy atom. The van der Waals surface area contributed by atoms with Crippen molar-refractivity contribution >= 4 is 5.91 Å². The quantitative estimate of drug-likeness (QED) is 0.0261. The number of carbonyl (C=O) groups is 1. The molecule has 0 saturated carbocycles. The topological polar surface area (TPSA) is 149 Å². The summed E-state index contributed by atoms with van der Waals surface area (Å²) in [6, 6.07) is -0.820. The van der Waals surface area contributed by atoms with Gasteiger partial charge in [0.15, 0.2) is 6.29 Å². The monoisotopic (exact) mass is 1200 g/mol. The molecule has 1 fully saturated rings. The highest BCUT2D eigenvalue weighted by molar-refractivity contribution is 5.76. The van der Waals surface area contributed by atoms with Crippen molar-refractivity contribution in [3.05, 3.63) is 134 Å². The number of aliphatic hydroxyl groups excluding tert-OH is 5. The van der Waals surface area contributed by atoms with Crippen LogP contribution in [0, 0.1) is 0 Å². The number of unbranched alkanes of at least 4 members (excludes halogenated alkanes) is 30. The molecule has 0 aliphatic carbocycles. The highest BCUT2D eigenvalue weighted by Crippen LogP contribution is 2.23. The molecule has 492 valence electrons. The van der Waals surface area contributed by atoms with Crippen molar-refractivity contribution in [2.75, 3.05) is 13.2 Å². The van der Waals surface area contributed by atoms with E-state index in [-0.39, 0.29) is 12.5 Å². The van der Waals surface area contributed by atoms with E-state index in [0.717, 1.165) is 116 Å². The highest BCUT2D eigenvalue weighted by atomic mass is 16.7. The van der Waals surface area contributed by atoms with Gasteiger partial charge in [-0.1, -0.05) is 321 Å². The number of rotatable bonds is 60. The van der Waals surface area contributed by atoms with Gasteiger partial charge in [0, 0.05) is 6.42 Å². The van der Waals surface area contributed by atoms with E-state index in [9.17, 15) is 30.3 Å². The SMILES string of the molecule is CC/C=C\C/C=C\C/C=C\C/C=C\C/C=C\C/C=C\C/C=C\C/C=C\C/C=C\C/C=C\CCCCCCCCCCC(=O)NC(COC1OC(CO)C(O)C(O)C1O)C(O)/C=C/CCCCCCCCCCCCCCCCCCCCCCCC. The molecule has 1 rings (SSSR count). The first-order valence-electron chi connectivity index (χ1n) is 35.4. The van der Waals surface area contributed by atoms with Crippen LogP contribution < -0.4 is 5.32 Å². The maximum Gasteiger partial charge on any atom is 0.220 e. The van der Waals surface area contributed by atoms with Gasteiger partial charge in [0.05, 0.1) is 25.4 Å². The van der Waals surface area contributed by atoms with Gasteiger partial charge in [-0.15, -0.1) is 0 Å². The fraction of sp³-hybridized carbons (Fsp3) is 0.701. The molecule has 0 spiro atoms. The Labute approximate surface area is 528 Å². The Morgan fingerprint density at radius 3 is 1.07 bits per heavy atom. The van der Waals surface area contributed by atoms with Gasteiger partial charge in [-0.2, -0.15) is 0 Å². The fourth-order valence-electron chi connectivity index (χ4n) is 10.5. The highest BCUT2D eigenvalue weighted by Gasteiger charge is 2.44. The lowest BCUT2D eigenvalue weighted by molar-refractivity contribution is -0.302. The second-order valence-electron chi connectivity index (χ2n) is 23.9. The average molecular weight is 1200 g/mol. The number of nitrogens with one attached hydrogen (secondary N) is 1. The van der Waals surface area contributed by atoms with Crippen molar-refractivity contribution in [1.82, 2.24) is 5.32 Å². The van der Waals surface area contributed by atoms with Crippen molar-refractivity contribution in [2.45, 2.75) is 333 Å². The van der Waals surface area contributed by atoms with Gasteiger partial charge in [-0.25, -0.2) is 0 Å². The molecule has 9 heteroatoms. The summed E-state index contributed by atoms with van der Waals surface area (Å²) in [5.41, 5.74) is 0. The van der Waals surface area contributed by atoms with Crippen LogP contribution in [0.1, 0.15) is 290 Å². The number of amides is 1. The van der Waals surface area contributed by atoms with Crippen molar-refractivity contribution in [2.24, 2.45) is 0 Å². The van der Waals surface area contributed by atoms with Gasteiger partial charge in [-0.3, -0.25) is 4.79 Å². The number of carbonyl (C=O) groups excluding carboxylic acids is 1. The molecular weight excluding hydrogens is 1070 g/mol. The van der Waals surface area contributed by atoms with E-state index in [1.807, 2.05) is 6.08 Å². The molecule has 1 saturated heterocycles. The third kappa shape index (κ3) is 52.3. The summed E-state index contributed by atoms with van der Waals surface area (Å²) in [6.45, 7) is 3.68. The van der Waals surface area contributed by atoms with E-state index in [0.29, 0.717) is 6.42 Å². The molecule has 1 aliphatic rings. The van der Waals surface area contributed by atoms with Crippen molar-refractivity contribution in [3.8, 4) is 0 Å². The summed E-state index contributed by atoms with van der Waals surface area (Å²) in [6.07, 6.45) is 91.1. The van der Waals surface area contributed by atoms with Crippen LogP contribution in [0.2, 0.25) is 0 Å². The van der Waals surface area contributed by atoms with Crippen LogP contribution in [-0.2, 0) is 14.3 Å². The zero-order valence-corrected chi connectivity index (χ0v) is 55.0. The molecule has 0 aromatic carbocycles. The maximum atomic E-state index is 13.1. The minimum absolute atomic E-state index is 0.188. The summed E-state index contributed by atoms with van der Waals surface area (Å²) in [5.74, 6) is -0.188. The maximum absolute atomic E-state index is 13.1. The molecule has 9 nitrogen and oxygen atoms in total. The van der Waals surface area contributed by atoms with Crippen LogP contribution in [0.4, 0.5) is 0 Å². The predicted molar refractivity (Wildman–Crippen MR) is 368 cm³/mol. The molecule has 6 N–H and O–H groups in total. The van der Waals surface area contributed by atoms with Crippen LogP contribution in [0.5, 0.6) is 0 Å². The zero-order chi connectivity index (χ0) is 62.1.